The Morgan fingerprint density at radius 2 is 1.94 bits per heavy atom. The fraction of sp³-hybridized carbons (Fsp3) is 0.167. The summed E-state index contributed by atoms with van der Waals surface area (Å²) in [5.41, 5.74) is 0.689. The van der Waals surface area contributed by atoms with Crippen LogP contribution in [0, 0.1) is 0 Å². The molecule has 0 fully saturated rings. The predicted molar refractivity (Wildman–Crippen MR) is 62.9 cm³/mol. The first-order valence-electron chi connectivity index (χ1n) is 5.09. The normalized spacial score (nSPS) is 10.2. The van der Waals surface area contributed by atoms with Crippen molar-refractivity contribution in [2.45, 2.75) is 6.92 Å². The van der Waals surface area contributed by atoms with Gasteiger partial charge in [0, 0.05) is 13.0 Å². The number of methoxy groups -OCH3 is 1. The van der Waals surface area contributed by atoms with E-state index < -0.39 is 0 Å². The molecule has 0 unspecified atom stereocenters. The lowest BCUT2D eigenvalue weighted by atomic mass is 10.3. The third-order valence-corrected chi connectivity index (χ3v) is 2.43. The molecule has 1 aromatic heterocycles. The van der Waals surface area contributed by atoms with Crippen molar-refractivity contribution in [3.8, 4) is 11.4 Å². The van der Waals surface area contributed by atoms with E-state index in [0.29, 0.717) is 17.1 Å². The topological polar surface area (TPSA) is 64.1 Å². The molecule has 0 bridgehead atoms. The van der Waals surface area contributed by atoms with Crippen molar-refractivity contribution in [1.82, 2.24) is 9.78 Å². The minimum Gasteiger partial charge on any atom is -0.497 e. The van der Waals surface area contributed by atoms with E-state index in [1.807, 2.05) is 0 Å². The van der Waals surface area contributed by atoms with Crippen molar-refractivity contribution in [2.24, 2.45) is 0 Å². The highest BCUT2D eigenvalue weighted by Gasteiger charge is 2.08. The number of carbonyl (C=O) groups is 1. The third-order valence-electron chi connectivity index (χ3n) is 2.43. The Kier molecular flexibility index (Phi) is 2.82. The van der Waals surface area contributed by atoms with Crippen molar-refractivity contribution >= 4 is 5.78 Å². The monoisotopic (exact) mass is 232 g/mol. The molecule has 0 spiro atoms. The molecule has 0 atom stereocenters. The maximum atomic E-state index is 11.6. The number of H-pyrrole nitrogens is 1. The Morgan fingerprint density at radius 1 is 1.29 bits per heavy atom. The second kappa shape index (κ2) is 4.29. The van der Waals surface area contributed by atoms with Gasteiger partial charge in [-0.1, -0.05) is 0 Å². The van der Waals surface area contributed by atoms with Crippen LogP contribution in [-0.2, 0) is 0 Å². The van der Waals surface area contributed by atoms with Crippen molar-refractivity contribution in [1.29, 1.82) is 0 Å². The van der Waals surface area contributed by atoms with E-state index in [0.717, 1.165) is 0 Å². The Labute approximate surface area is 97.6 Å². The van der Waals surface area contributed by atoms with Crippen LogP contribution in [0.15, 0.2) is 35.1 Å². The molecule has 17 heavy (non-hydrogen) atoms. The molecule has 0 aliphatic rings. The lowest BCUT2D eigenvalue weighted by Gasteiger charge is -2.03. The highest BCUT2D eigenvalue weighted by molar-refractivity contribution is 5.91. The first-order chi connectivity index (χ1) is 8.11. The Hall–Kier alpha value is -2.30. The van der Waals surface area contributed by atoms with E-state index in [1.165, 1.54) is 17.7 Å². The molecule has 0 amide bonds. The third kappa shape index (κ3) is 2.13. The van der Waals surface area contributed by atoms with Gasteiger partial charge in [0.1, 0.15) is 11.4 Å². The van der Waals surface area contributed by atoms with Gasteiger partial charge in [-0.2, -0.15) is 0 Å². The van der Waals surface area contributed by atoms with Gasteiger partial charge in [-0.05, 0) is 24.3 Å². The number of aromatic amines is 1. The van der Waals surface area contributed by atoms with Crippen LogP contribution in [0.4, 0.5) is 0 Å². The van der Waals surface area contributed by atoms with Crippen LogP contribution >= 0.6 is 0 Å². The van der Waals surface area contributed by atoms with Gasteiger partial charge in [0.2, 0.25) is 0 Å². The average molecular weight is 232 g/mol. The van der Waals surface area contributed by atoms with E-state index in [9.17, 15) is 9.59 Å². The van der Waals surface area contributed by atoms with E-state index in [2.05, 4.69) is 5.10 Å². The number of nitrogens with one attached hydrogen (secondary N) is 1. The van der Waals surface area contributed by atoms with Gasteiger partial charge in [-0.25, -0.2) is 4.68 Å². The number of hydrogen-bond donors (Lipinski definition) is 1. The van der Waals surface area contributed by atoms with Gasteiger partial charge >= 0.3 is 0 Å². The largest absolute Gasteiger partial charge is 0.497 e. The molecule has 0 aliphatic heterocycles. The second-order valence-corrected chi connectivity index (χ2v) is 3.60. The molecule has 88 valence electrons. The molecule has 5 heteroatoms. The first-order valence-corrected chi connectivity index (χ1v) is 5.09. The predicted octanol–water partition coefficient (Wildman–Crippen LogP) is 1.38. The average Bonchev–Trinajstić information content (AvgIpc) is 2.72. The zero-order chi connectivity index (χ0) is 12.4. The maximum absolute atomic E-state index is 11.6. The lowest BCUT2D eigenvalue weighted by Crippen LogP contribution is -2.13. The van der Waals surface area contributed by atoms with Crippen LogP contribution < -0.4 is 10.3 Å². The number of hydrogen-bond acceptors (Lipinski definition) is 3. The van der Waals surface area contributed by atoms with Crippen LogP contribution in [0.3, 0.4) is 0 Å². The van der Waals surface area contributed by atoms with Crippen molar-refractivity contribution in [3.05, 3.63) is 46.4 Å². The van der Waals surface area contributed by atoms with Crippen molar-refractivity contribution in [3.63, 3.8) is 0 Å². The Morgan fingerprint density at radius 3 is 2.41 bits per heavy atom. The van der Waals surface area contributed by atoms with E-state index in [1.54, 1.807) is 31.4 Å². The lowest BCUT2D eigenvalue weighted by molar-refractivity contribution is 0.101. The molecule has 2 rings (SSSR count). The number of aromatic nitrogens is 2. The quantitative estimate of drug-likeness (QED) is 0.813. The summed E-state index contributed by atoms with van der Waals surface area (Å²) in [5, 5.41) is 2.75. The van der Waals surface area contributed by atoms with Crippen LogP contribution in [0.2, 0.25) is 0 Å². The fourth-order valence-corrected chi connectivity index (χ4v) is 1.50. The molecule has 5 nitrogen and oxygen atoms in total. The fourth-order valence-electron chi connectivity index (χ4n) is 1.50. The van der Waals surface area contributed by atoms with E-state index >= 15 is 0 Å². The Balaban J connectivity index is 2.45. The van der Waals surface area contributed by atoms with Gasteiger partial charge < -0.3 is 4.74 Å². The number of ketones is 1. The molecule has 2 aromatic rings. The zero-order valence-electron chi connectivity index (χ0n) is 9.56. The summed E-state index contributed by atoms with van der Waals surface area (Å²) in [4.78, 5) is 22.8. The smallest absolute Gasteiger partial charge is 0.271 e. The number of benzene rings is 1. The van der Waals surface area contributed by atoms with Crippen LogP contribution in [0.25, 0.3) is 5.69 Å². The summed E-state index contributed by atoms with van der Waals surface area (Å²) in [6.45, 7) is 1.41. The van der Waals surface area contributed by atoms with Crippen molar-refractivity contribution < 1.29 is 9.53 Å². The highest BCUT2D eigenvalue weighted by Crippen LogP contribution is 2.13. The molecule has 0 aliphatic carbocycles. The number of ether oxygens (including phenoxy) is 1. The summed E-state index contributed by atoms with van der Waals surface area (Å²) in [6, 6.07) is 8.25. The molecule has 1 aromatic carbocycles. The number of Topliss-reactive ketones (excluding diaryl/α,β-unsaturated/α-hetero) is 1. The first kappa shape index (κ1) is 11.2. The summed E-state index contributed by atoms with van der Waals surface area (Å²) >= 11 is 0. The van der Waals surface area contributed by atoms with E-state index in [-0.39, 0.29) is 11.3 Å². The summed E-state index contributed by atoms with van der Waals surface area (Å²) in [6.07, 6.45) is 0. The minimum atomic E-state index is -0.264. The zero-order valence-corrected chi connectivity index (χ0v) is 9.56. The molecule has 0 radical (unpaired) electrons. The van der Waals surface area contributed by atoms with E-state index in [4.69, 9.17) is 4.74 Å². The summed E-state index contributed by atoms with van der Waals surface area (Å²) in [7, 11) is 1.57. The van der Waals surface area contributed by atoms with Gasteiger partial charge in [-0.15, -0.1) is 0 Å². The molecular weight excluding hydrogens is 220 g/mol. The molecule has 1 heterocycles. The molecule has 0 saturated heterocycles. The molecule has 1 N–H and O–H groups in total. The van der Waals surface area contributed by atoms with Crippen molar-refractivity contribution in [2.75, 3.05) is 7.11 Å². The summed E-state index contributed by atoms with van der Waals surface area (Å²) < 4.78 is 6.34. The minimum absolute atomic E-state index is 0.172. The van der Waals surface area contributed by atoms with Crippen LogP contribution in [0.1, 0.15) is 17.4 Å². The number of rotatable bonds is 3. The highest BCUT2D eigenvalue weighted by atomic mass is 16.5. The summed E-state index contributed by atoms with van der Waals surface area (Å²) in [5.74, 6) is 0.537. The standard InChI is InChI=1S/C12H12N2O3/c1-8(15)11-7-12(16)14(13-11)9-3-5-10(17-2)6-4-9/h3-7,13H,1-2H3. The van der Waals surface area contributed by atoms with Crippen LogP contribution in [0.5, 0.6) is 5.75 Å². The van der Waals surface area contributed by atoms with Gasteiger partial charge in [0.05, 0.1) is 12.8 Å². The maximum Gasteiger partial charge on any atom is 0.271 e. The molecule has 0 saturated carbocycles. The van der Waals surface area contributed by atoms with Crippen LogP contribution in [-0.4, -0.2) is 22.7 Å². The van der Waals surface area contributed by atoms with Gasteiger partial charge in [0.15, 0.2) is 5.78 Å². The van der Waals surface area contributed by atoms with Gasteiger partial charge in [-0.3, -0.25) is 14.7 Å². The molecular formula is C12H12N2O3. The SMILES string of the molecule is COc1ccc(-n2[nH]c(C(C)=O)cc2=O)cc1. The Bertz CT molecular complexity index is 593. The number of carbonyl (C=O) groups excluding carboxylic acids is 1. The van der Waals surface area contributed by atoms with Gasteiger partial charge in [0.25, 0.3) is 5.56 Å². The second-order valence-electron chi connectivity index (χ2n) is 3.60. The number of nitrogens with zero attached hydrogens (tertiary/aromatic N) is 1.